The smallest absolute Gasteiger partial charge is 0.344 e. The molecule has 0 saturated heterocycles. The van der Waals surface area contributed by atoms with E-state index in [0.29, 0.717) is 17.9 Å². The fourth-order valence-corrected chi connectivity index (χ4v) is 2.88. The van der Waals surface area contributed by atoms with E-state index in [1.54, 1.807) is 29.2 Å². The van der Waals surface area contributed by atoms with Gasteiger partial charge in [0.05, 0.1) is 5.56 Å². The van der Waals surface area contributed by atoms with Crippen molar-refractivity contribution in [3.05, 3.63) is 59.7 Å². The van der Waals surface area contributed by atoms with E-state index in [1.807, 2.05) is 30.3 Å². The molecular weight excluding hydrogens is 332 g/mol. The number of para-hydroxylation sites is 2. The molecule has 0 radical (unpaired) electrons. The first-order valence-electron chi connectivity index (χ1n) is 8.35. The van der Waals surface area contributed by atoms with Gasteiger partial charge in [-0.3, -0.25) is 4.79 Å². The van der Waals surface area contributed by atoms with E-state index in [2.05, 4.69) is 0 Å². The molecule has 132 valence electrons. The topological polar surface area (TPSA) is 79.6 Å². The zero-order valence-electron chi connectivity index (χ0n) is 14.2. The highest BCUT2D eigenvalue weighted by molar-refractivity contribution is 5.96. The molecule has 0 saturated carbocycles. The largest absolute Gasteiger partial charge is 0.481 e. The molecule has 0 aromatic heterocycles. The molecule has 26 heavy (non-hydrogen) atoms. The summed E-state index contributed by atoms with van der Waals surface area (Å²) in [6.45, 7) is -0.0849. The van der Waals surface area contributed by atoms with Crippen molar-refractivity contribution in [3.63, 3.8) is 0 Å². The number of esters is 1. The van der Waals surface area contributed by atoms with Gasteiger partial charge in [-0.25, -0.2) is 4.79 Å². The third-order valence-electron chi connectivity index (χ3n) is 4.12. The summed E-state index contributed by atoms with van der Waals surface area (Å²) in [6.07, 6.45) is 1.82. The first kappa shape index (κ1) is 17.5. The van der Waals surface area contributed by atoms with E-state index in [1.165, 1.54) is 0 Å². The molecule has 0 atom stereocenters. The van der Waals surface area contributed by atoms with Crippen molar-refractivity contribution in [2.24, 2.45) is 0 Å². The van der Waals surface area contributed by atoms with Gasteiger partial charge in [0.2, 0.25) is 0 Å². The van der Waals surface area contributed by atoms with Crippen LogP contribution in [0.1, 0.15) is 17.5 Å². The van der Waals surface area contributed by atoms with Gasteiger partial charge in [0, 0.05) is 12.2 Å². The molecule has 1 aliphatic heterocycles. The Balaban J connectivity index is 1.52. The number of carbonyl (C=O) groups excluding carboxylic acids is 2. The summed E-state index contributed by atoms with van der Waals surface area (Å²) < 4.78 is 10.3. The van der Waals surface area contributed by atoms with Gasteiger partial charge in [0.1, 0.15) is 11.8 Å². The summed E-state index contributed by atoms with van der Waals surface area (Å²) in [4.78, 5) is 25.9. The van der Waals surface area contributed by atoms with Crippen molar-refractivity contribution >= 4 is 17.6 Å². The number of hydrogen-bond donors (Lipinski definition) is 0. The van der Waals surface area contributed by atoms with Crippen molar-refractivity contribution in [2.45, 2.75) is 12.8 Å². The molecule has 0 aliphatic carbocycles. The molecule has 6 nitrogen and oxygen atoms in total. The SMILES string of the molecule is N#Cc1ccccc1OCC(=O)OCC(=O)N1CCCc2ccccc21. The minimum atomic E-state index is -0.656. The predicted molar refractivity (Wildman–Crippen MR) is 94.7 cm³/mol. The molecule has 0 spiro atoms. The third-order valence-corrected chi connectivity index (χ3v) is 4.12. The van der Waals surface area contributed by atoms with Gasteiger partial charge in [-0.05, 0) is 36.6 Å². The van der Waals surface area contributed by atoms with Crippen LogP contribution < -0.4 is 9.64 Å². The van der Waals surface area contributed by atoms with Crippen LogP contribution in [0.15, 0.2) is 48.5 Å². The van der Waals surface area contributed by atoms with Crippen molar-refractivity contribution in [1.29, 1.82) is 5.26 Å². The van der Waals surface area contributed by atoms with Crippen LogP contribution in [0.25, 0.3) is 0 Å². The van der Waals surface area contributed by atoms with Gasteiger partial charge >= 0.3 is 5.97 Å². The van der Waals surface area contributed by atoms with Crippen LogP contribution in [-0.2, 0) is 20.7 Å². The fraction of sp³-hybridized carbons (Fsp3) is 0.250. The Morgan fingerprint density at radius 2 is 1.85 bits per heavy atom. The molecular formula is C20H18N2O4. The second-order valence-electron chi connectivity index (χ2n) is 5.83. The Kier molecular flexibility index (Phi) is 5.49. The quantitative estimate of drug-likeness (QED) is 0.774. The van der Waals surface area contributed by atoms with Gasteiger partial charge in [0.25, 0.3) is 5.91 Å². The molecule has 1 aliphatic rings. The van der Waals surface area contributed by atoms with Crippen molar-refractivity contribution in [3.8, 4) is 11.8 Å². The minimum absolute atomic E-state index is 0.261. The van der Waals surface area contributed by atoms with Crippen LogP contribution in [0.3, 0.4) is 0 Å². The van der Waals surface area contributed by atoms with E-state index in [9.17, 15) is 9.59 Å². The standard InChI is InChI=1S/C20H18N2O4/c21-12-16-7-2-4-10-18(16)25-14-20(24)26-13-19(23)22-11-5-8-15-6-1-3-9-17(15)22/h1-4,6-7,9-10H,5,8,11,13-14H2. The number of carbonyl (C=O) groups is 2. The van der Waals surface area contributed by atoms with E-state index >= 15 is 0 Å². The Morgan fingerprint density at radius 1 is 1.08 bits per heavy atom. The average molecular weight is 350 g/mol. The lowest BCUT2D eigenvalue weighted by atomic mass is 10.0. The second kappa shape index (κ2) is 8.17. The zero-order valence-corrected chi connectivity index (χ0v) is 14.2. The maximum Gasteiger partial charge on any atom is 0.344 e. The lowest BCUT2D eigenvalue weighted by Gasteiger charge is -2.29. The molecule has 2 aromatic carbocycles. The molecule has 2 aromatic rings. The van der Waals surface area contributed by atoms with Crippen LogP contribution in [0.4, 0.5) is 5.69 Å². The highest BCUT2D eigenvalue weighted by atomic mass is 16.6. The van der Waals surface area contributed by atoms with Crippen LogP contribution >= 0.6 is 0 Å². The second-order valence-corrected chi connectivity index (χ2v) is 5.83. The van der Waals surface area contributed by atoms with Crippen LogP contribution in [0.2, 0.25) is 0 Å². The number of ether oxygens (including phenoxy) is 2. The predicted octanol–water partition coefficient (Wildman–Crippen LogP) is 2.46. The highest BCUT2D eigenvalue weighted by Crippen LogP contribution is 2.26. The van der Waals surface area contributed by atoms with Gasteiger partial charge in [0.15, 0.2) is 13.2 Å². The minimum Gasteiger partial charge on any atom is -0.481 e. The van der Waals surface area contributed by atoms with Crippen LogP contribution in [0, 0.1) is 11.3 Å². The van der Waals surface area contributed by atoms with E-state index < -0.39 is 5.97 Å². The van der Waals surface area contributed by atoms with E-state index in [0.717, 1.165) is 24.1 Å². The molecule has 1 heterocycles. The number of nitrogens with zero attached hydrogens (tertiary/aromatic N) is 2. The Hall–Kier alpha value is -3.33. The first-order valence-corrected chi connectivity index (χ1v) is 8.35. The number of nitriles is 1. The molecule has 0 unspecified atom stereocenters. The van der Waals surface area contributed by atoms with Gasteiger partial charge in [-0.2, -0.15) is 5.26 Å². The number of anilines is 1. The first-order chi connectivity index (χ1) is 12.7. The summed E-state index contributed by atoms with van der Waals surface area (Å²) >= 11 is 0. The van der Waals surface area contributed by atoms with E-state index in [-0.39, 0.29) is 19.1 Å². The monoisotopic (exact) mass is 350 g/mol. The molecule has 0 bridgehead atoms. The third kappa shape index (κ3) is 4.01. The summed E-state index contributed by atoms with van der Waals surface area (Å²) in [6, 6.07) is 16.3. The molecule has 1 amide bonds. The van der Waals surface area contributed by atoms with Crippen molar-refractivity contribution in [1.82, 2.24) is 0 Å². The number of aryl methyl sites for hydroxylation is 1. The lowest BCUT2D eigenvalue weighted by molar-refractivity contribution is -0.149. The normalized spacial score (nSPS) is 12.7. The fourth-order valence-electron chi connectivity index (χ4n) is 2.88. The Morgan fingerprint density at radius 3 is 2.69 bits per heavy atom. The molecule has 0 N–H and O–H groups in total. The molecule has 6 heteroatoms. The van der Waals surface area contributed by atoms with Gasteiger partial charge in [-0.1, -0.05) is 30.3 Å². The van der Waals surface area contributed by atoms with Crippen molar-refractivity contribution < 1.29 is 19.1 Å². The molecule has 3 rings (SSSR count). The number of hydrogen-bond acceptors (Lipinski definition) is 5. The van der Waals surface area contributed by atoms with Crippen LogP contribution in [-0.4, -0.2) is 31.6 Å². The number of benzene rings is 2. The Bertz CT molecular complexity index is 857. The lowest BCUT2D eigenvalue weighted by Crippen LogP contribution is -2.38. The summed E-state index contributed by atoms with van der Waals surface area (Å²) in [5, 5.41) is 8.99. The summed E-state index contributed by atoms with van der Waals surface area (Å²) in [5.41, 5.74) is 2.33. The highest BCUT2D eigenvalue weighted by Gasteiger charge is 2.23. The summed E-state index contributed by atoms with van der Waals surface area (Å²) in [7, 11) is 0. The number of fused-ring (bicyclic) bond motifs is 1. The maximum atomic E-state index is 12.4. The zero-order chi connectivity index (χ0) is 18.4. The van der Waals surface area contributed by atoms with Crippen molar-refractivity contribution in [2.75, 3.05) is 24.7 Å². The summed E-state index contributed by atoms with van der Waals surface area (Å²) in [5.74, 6) is -0.609. The average Bonchev–Trinajstić information content (AvgIpc) is 2.70. The van der Waals surface area contributed by atoms with E-state index in [4.69, 9.17) is 14.7 Å². The Labute approximate surface area is 151 Å². The van der Waals surface area contributed by atoms with Gasteiger partial charge in [-0.15, -0.1) is 0 Å². The molecule has 0 fully saturated rings. The van der Waals surface area contributed by atoms with Gasteiger partial charge < -0.3 is 14.4 Å². The van der Waals surface area contributed by atoms with Crippen LogP contribution in [0.5, 0.6) is 5.75 Å². The number of amides is 1. The maximum absolute atomic E-state index is 12.4. The number of rotatable bonds is 5.